The van der Waals surface area contributed by atoms with Gasteiger partial charge in [0.05, 0.1) is 0 Å². The molecule has 1 aliphatic rings. The van der Waals surface area contributed by atoms with Crippen LogP contribution >= 0.6 is 23.2 Å². The van der Waals surface area contributed by atoms with Crippen LogP contribution in [0.4, 0.5) is 0 Å². The Labute approximate surface area is 145 Å². The molecular formula is C17H17Cl2N3O. The summed E-state index contributed by atoms with van der Waals surface area (Å²) in [6, 6.07) is 8.97. The third-order valence-electron chi connectivity index (χ3n) is 3.90. The van der Waals surface area contributed by atoms with Gasteiger partial charge < -0.3 is 4.90 Å². The number of benzene rings is 1. The van der Waals surface area contributed by atoms with Crippen LogP contribution in [0.15, 0.2) is 42.7 Å². The van der Waals surface area contributed by atoms with E-state index in [1.807, 2.05) is 17.2 Å². The fourth-order valence-electron chi connectivity index (χ4n) is 2.72. The Morgan fingerprint density at radius 3 is 2.39 bits per heavy atom. The molecule has 1 aliphatic heterocycles. The van der Waals surface area contributed by atoms with Gasteiger partial charge >= 0.3 is 0 Å². The Hall–Kier alpha value is -1.62. The van der Waals surface area contributed by atoms with Crippen molar-refractivity contribution in [3.63, 3.8) is 0 Å². The zero-order valence-electron chi connectivity index (χ0n) is 12.6. The second-order valence-electron chi connectivity index (χ2n) is 5.59. The predicted octanol–water partition coefficient (Wildman–Crippen LogP) is 3.35. The van der Waals surface area contributed by atoms with Crippen LogP contribution in [0.25, 0.3) is 0 Å². The fraction of sp³-hybridized carbons (Fsp3) is 0.294. The first-order valence-electron chi connectivity index (χ1n) is 7.48. The average Bonchev–Trinajstić information content (AvgIpc) is 2.55. The number of carbonyl (C=O) groups is 1. The summed E-state index contributed by atoms with van der Waals surface area (Å²) < 4.78 is 0. The summed E-state index contributed by atoms with van der Waals surface area (Å²) in [5.74, 6) is -0.0181. The molecule has 120 valence electrons. The molecule has 6 heteroatoms. The third kappa shape index (κ3) is 4.22. The highest BCUT2D eigenvalue weighted by molar-refractivity contribution is 6.35. The van der Waals surface area contributed by atoms with E-state index in [2.05, 4.69) is 16.0 Å². The lowest BCUT2D eigenvalue weighted by Crippen LogP contribution is -2.48. The minimum absolute atomic E-state index is 0.0181. The lowest BCUT2D eigenvalue weighted by molar-refractivity contribution is 0.0628. The molecule has 0 aliphatic carbocycles. The largest absolute Gasteiger partial charge is 0.336 e. The van der Waals surface area contributed by atoms with Crippen LogP contribution in [0.1, 0.15) is 15.9 Å². The van der Waals surface area contributed by atoms with Crippen molar-refractivity contribution in [2.75, 3.05) is 26.2 Å². The van der Waals surface area contributed by atoms with Crippen molar-refractivity contribution >= 4 is 29.1 Å². The number of carbonyl (C=O) groups excluding carboxylic acids is 1. The molecule has 0 saturated carbocycles. The third-order valence-corrected chi connectivity index (χ3v) is 4.33. The smallest absolute Gasteiger partial charge is 0.254 e. The van der Waals surface area contributed by atoms with Crippen LogP contribution in [-0.2, 0) is 6.54 Å². The minimum atomic E-state index is -0.0181. The predicted molar refractivity (Wildman–Crippen MR) is 91.9 cm³/mol. The van der Waals surface area contributed by atoms with Crippen molar-refractivity contribution in [3.05, 3.63) is 63.9 Å². The normalized spacial score (nSPS) is 15.7. The summed E-state index contributed by atoms with van der Waals surface area (Å²) in [6.07, 6.45) is 3.65. The second-order valence-corrected chi connectivity index (χ2v) is 6.46. The first-order chi connectivity index (χ1) is 11.1. The SMILES string of the molecule is O=C(c1cc(Cl)cc(Cl)c1)N1CCN(Cc2cccnc2)CC1. The monoisotopic (exact) mass is 349 g/mol. The number of hydrogen-bond donors (Lipinski definition) is 0. The number of piperazine rings is 1. The van der Waals surface area contributed by atoms with Gasteiger partial charge in [-0.1, -0.05) is 29.3 Å². The molecule has 0 spiro atoms. The van der Waals surface area contributed by atoms with E-state index in [9.17, 15) is 4.79 Å². The van der Waals surface area contributed by atoms with E-state index in [0.717, 1.165) is 19.6 Å². The van der Waals surface area contributed by atoms with Gasteiger partial charge in [0.1, 0.15) is 0 Å². The maximum absolute atomic E-state index is 12.5. The van der Waals surface area contributed by atoms with Crippen LogP contribution in [0.5, 0.6) is 0 Å². The van der Waals surface area contributed by atoms with Crippen LogP contribution in [0, 0.1) is 0 Å². The molecule has 0 unspecified atom stereocenters. The number of hydrogen-bond acceptors (Lipinski definition) is 3. The first-order valence-corrected chi connectivity index (χ1v) is 8.24. The van der Waals surface area contributed by atoms with Crippen molar-refractivity contribution in [3.8, 4) is 0 Å². The van der Waals surface area contributed by atoms with Gasteiger partial charge in [-0.05, 0) is 29.8 Å². The van der Waals surface area contributed by atoms with Gasteiger partial charge in [-0.25, -0.2) is 0 Å². The van der Waals surface area contributed by atoms with Crippen molar-refractivity contribution in [1.29, 1.82) is 0 Å². The van der Waals surface area contributed by atoms with E-state index in [0.29, 0.717) is 28.7 Å². The quantitative estimate of drug-likeness (QED) is 0.852. The van der Waals surface area contributed by atoms with Gasteiger partial charge in [-0.3, -0.25) is 14.7 Å². The highest BCUT2D eigenvalue weighted by Crippen LogP contribution is 2.21. The summed E-state index contributed by atoms with van der Waals surface area (Å²) >= 11 is 12.0. The van der Waals surface area contributed by atoms with Crippen molar-refractivity contribution < 1.29 is 4.79 Å². The zero-order chi connectivity index (χ0) is 16.2. The molecule has 1 amide bonds. The van der Waals surface area contributed by atoms with E-state index in [4.69, 9.17) is 23.2 Å². The molecule has 1 aromatic heterocycles. The highest BCUT2D eigenvalue weighted by Gasteiger charge is 2.22. The summed E-state index contributed by atoms with van der Waals surface area (Å²) in [5, 5.41) is 0.965. The van der Waals surface area contributed by atoms with Gasteiger partial charge in [0.25, 0.3) is 5.91 Å². The van der Waals surface area contributed by atoms with Crippen LogP contribution in [-0.4, -0.2) is 46.9 Å². The van der Waals surface area contributed by atoms with Crippen molar-refractivity contribution in [2.24, 2.45) is 0 Å². The summed E-state index contributed by atoms with van der Waals surface area (Å²) in [4.78, 5) is 20.9. The summed E-state index contributed by atoms with van der Waals surface area (Å²) in [5.41, 5.74) is 1.73. The van der Waals surface area contributed by atoms with Crippen LogP contribution in [0.2, 0.25) is 10.0 Å². The average molecular weight is 350 g/mol. The molecule has 0 bridgehead atoms. The molecule has 23 heavy (non-hydrogen) atoms. The first kappa shape index (κ1) is 16.2. The Balaban J connectivity index is 1.59. The number of halogens is 2. The highest BCUT2D eigenvalue weighted by atomic mass is 35.5. The Bertz CT molecular complexity index is 665. The van der Waals surface area contributed by atoms with E-state index in [-0.39, 0.29) is 5.91 Å². The lowest BCUT2D eigenvalue weighted by atomic mass is 10.1. The molecular weight excluding hydrogens is 333 g/mol. The fourth-order valence-corrected chi connectivity index (χ4v) is 3.24. The number of pyridine rings is 1. The van der Waals surface area contributed by atoms with Crippen LogP contribution < -0.4 is 0 Å². The van der Waals surface area contributed by atoms with E-state index in [1.54, 1.807) is 24.4 Å². The van der Waals surface area contributed by atoms with Gasteiger partial charge in [0.15, 0.2) is 0 Å². The summed E-state index contributed by atoms with van der Waals surface area (Å²) in [6.45, 7) is 3.94. The topological polar surface area (TPSA) is 36.4 Å². The molecule has 3 rings (SSSR count). The van der Waals surface area contributed by atoms with Gasteiger partial charge in [0.2, 0.25) is 0 Å². The Morgan fingerprint density at radius 2 is 1.78 bits per heavy atom. The number of amides is 1. The molecule has 1 saturated heterocycles. The molecule has 1 aromatic carbocycles. The number of aromatic nitrogens is 1. The number of rotatable bonds is 3. The van der Waals surface area contributed by atoms with Crippen LogP contribution in [0.3, 0.4) is 0 Å². The van der Waals surface area contributed by atoms with Gasteiger partial charge in [-0.15, -0.1) is 0 Å². The maximum Gasteiger partial charge on any atom is 0.254 e. The van der Waals surface area contributed by atoms with Gasteiger partial charge in [-0.2, -0.15) is 0 Å². The second kappa shape index (κ2) is 7.30. The molecule has 0 N–H and O–H groups in total. The van der Waals surface area contributed by atoms with E-state index in [1.165, 1.54) is 5.56 Å². The zero-order valence-corrected chi connectivity index (χ0v) is 14.1. The molecule has 2 aromatic rings. The molecule has 0 radical (unpaired) electrons. The standard InChI is InChI=1S/C17H17Cl2N3O/c18-15-8-14(9-16(19)10-15)17(23)22-6-4-21(5-7-22)12-13-2-1-3-20-11-13/h1-3,8-11H,4-7,12H2. The molecule has 4 nitrogen and oxygen atoms in total. The van der Waals surface area contributed by atoms with E-state index >= 15 is 0 Å². The van der Waals surface area contributed by atoms with Crippen molar-refractivity contribution in [1.82, 2.24) is 14.8 Å². The Kier molecular flexibility index (Phi) is 5.16. The minimum Gasteiger partial charge on any atom is -0.336 e. The Morgan fingerprint density at radius 1 is 1.09 bits per heavy atom. The van der Waals surface area contributed by atoms with E-state index < -0.39 is 0 Å². The molecule has 0 atom stereocenters. The van der Waals surface area contributed by atoms with Gasteiger partial charge in [0, 0.05) is 60.7 Å². The lowest BCUT2D eigenvalue weighted by Gasteiger charge is -2.34. The molecule has 2 heterocycles. The number of nitrogens with zero attached hydrogens (tertiary/aromatic N) is 3. The maximum atomic E-state index is 12.5. The summed E-state index contributed by atoms with van der Waals surface area (Å²) in [7, 11) is 0. The van der Waals surface area contributed by atoms with Crippen molar-refractivity contribution in [2.45, 2.75) is 6.54 Å². The molecule has 1 fully saturated rings.